The highest BCUT2D eigenvalue weighted by molar-refractivity contribution is 6.17. The van der Waals surface area contributed by atoms with Crippen molar-refractivity contribution in [2.75, 3.05) is 0 Å². The highest BCUT2D eigenvalue weighted by Crippen LogP contribution is 2.44. The molecule has 21 rings (SSSR count). The predicted octanol–water partition coefficient (Wildman–Crippen LogP) is 23.1. The highest BCUT2D eigenvalue weighted by atomic mass is 16.3. The molecular weight excluding hydrogens is 1210 g/mol. The van der Waals surface area contributed by atoms with Gasteiger partial charge in [-0.2, -0.15) is 0 Å². The van der Waals surface area contributed by atoms with Gasteiger partial charge in [-0.1, -0.05) is 206 Å². The maximum Gasteiger partial charge on any atom is 0.180 e. The molecule has 0 bridgehead atoms. The van der Waals surface area contributed by atoms with Crippen molar-refractivity contribution in [2.45, 2.75) is 0 Å². The van der Waals surface area contributed by atoms with Gasteiger partial charge in [-0.05, 0) is 179 Å². The lowest BCUT2D eigenvalue weighted by molar-refractivity contribution is 0.669. The first-order chi connectivity index (χ1) is 49.0. The van der Waals surface area contributed by atoms with Gasteiger partial charge in [-0.25, -0.2) is 29.9 Å². The van der Waals surface area contributed by atoms with Crippen molar-refractivity contribution in [1.29, 1.82) is 0 Å². The molecule has 0 spiro atoms. The van der Waals surface area contributed by atoms with E-state index in [-0.39, 0.29) is 0 Å². The summed E-state index contributed by atoms with van der Waals surface area (Å²) in [6.45, 7) is 0. The highest BCUT2D eigenvalue weighted by Gasteiger charge is 2.25. The van der Waals surface area contributed by atoms with E-state index in [9.17, 15) is 0 Å². The van der Waals surface area contributed by atoms with Crippen molar-refractivity contribution in [2.24, 2.45) is 0 Å². The molecule has 9 heteroatoms. The zero-order valence-corrected chi connectivity index (χ0v) is 53.0. The first-order valence-corrected chi connectivity index (χ1v) is 33.4. The Hall–Kier alpha value is -13.5. The minimum atomic E-state index is 0.555. The van der Waals surface area contributed by atoms with Crippen LogP contribution in [0.3, 0.4) is 0 Å². The fourth-order valence-corrected chi connectivity index (χ4v) is 15.4. The van der Waals surface area contributed by atoms with Crippen molar-refractivity contribution in [3.05, 3.63) is 316 Å². The number of aromatic nitrogens is 8. The number of fused-ring (bicyclic) bond motifs is 15. The average molecular weight is 1260 g/mol. The second kappa shape index (κ2) is 21.5. The van der Waals surface area contributed by atoms with E-state index >= 15 is 0 Å². The molecule has 0 aliphatic carbocycles. The fourth-order valence-electron chi connectivity index (χ4n) is 15.4. The monoisotopic (exact) mass is 1260 g/mol. The van der Waals surface area contributed by atoms with Gasteiger partial charge in [-0.15, -0.1) is 0 Å². The van der Waals surface area contributed by atoms with Crippen LogP contribution in [0.15, 0.2) is 320 Å². The Kier molecular flexibility index (Phi) is 11.9. The largest absolute Gasteiger partial charge is 0.456 e. The third-order valence-corrected chi connectivity index (χ3v) is 20.2. The lowest BCUT2D eigenvalue weighted by atomic mass is 9.95. The van der Waals surface area contributed by atoms with Crippen molar-refractivity contribution in [3.8, 4) is 78.7 Å². The Labute approximate surface area is 565 Å². The summed E-state index contributed by atoms with van der Waals surface area (Å²) >= 11 is 0. The normalized spacial score (nSPS) is 12.0. The predicted molar refractivity (Wildman–Crippen MR) is 407 cm³/mol. The van der Waals surface area contributed by atoms with E-state index in [2.05, 4.69) is 282 Å². The zero-order chi connectivity index (χ0) is 64.8. The molecule has 0 saturated heterocycles. The van der Waals surface area contributed by atoms with E-state index in [1.807, 2.05) is 36.5 Å². The fraction of sp³-hybridized carbons (Fsp3) is 0. The van der Waals surface area contributed by atoms with Gasteiger partial charge in [0.25, 0.3) is 0 Å². The summed E-state index contributed by atoms with van der Waals surface area (Å²) in [5.74, 6) is 1.40. The number of para-hydroxylation sites is 1. The smallest absolute Gasteiger partial charge is 0.180 e. The topological polar surface area (TPSA) is 100 Å². The van der Waals surface area contributed by atoms with Gasteiger partial charge in [-0.3, -0.25) is 9.13 Å². The van der Waals surface area contributed by atoms with E-state index in [4.69, 9.17) is 34.3 Å². The van der Waals surface area contributed by atoms with Crippen LogP contribution in [-0.2, 0) is 0 Å². The van der Waals surface area contributed by atoms with Gasteiger partial charge < -0.3 is 4.42 Å². The molecule has 21 aromatic rings. The number of pyridine rings is 2. The average Bonchev–Trinajstić information content (AvgIpc) is 1.59. The third-order valence-electron chi connectivity index (χ3n) is 20.2. The molecule has 0 N–H and O–H groups in total. The molecule has 0 amide bonds. The summed E-state index contributed by atoms with van der Waals surface area (Å²) in [7, 11) is 0. The van der Waals surface area contributed by atoms with Gasteiger partial charge in [0.1, 0.15) is 33.6 Å². The number of hydrogen-bond donors (Lipinski definition) is 0. The van der Waals surface area contributed by atoms with E-state index in [0.717, 1.165) is 154 Å². The number of furan rings is 1. The van der Waals surface area contributed by atoms with Gasteiger partial charge in [0.2, 0.25) is 0 Å². The summed E-state index contributed by atoms with van der Waals surface area (Å²) in [4.78, 5) is 32.1. The standard InChI is InChI=1S/C90H52N8O/c1-2-15-53(16-3-1)62-35-39-79-72(46-62)74-44-57-18-4-6-20-59(57)50-81(74)97(79)89-85(56-32-30-55(31-33-56)68-26-12-22-54-17-8-9-24-67(54)68)94-78-49-66(52-92-88(78)96-89)69-27-13-23-64-43-61(34-38-70(64)69)63-36-40-80-73(47-63)75-45-58-19-5-7-21-60(58)51-82(75)98(80)90-86(93-77-28-14-42-91-87(77)95-90)65-37-41-84-76(48-65)71-25-10-11-29-83(71)99-84/h1-52H. The van der Waals surface area contributed by atoms with Crippen molar-refractivity contribution in [1.82, 2.24) is 39.0 Å². The van der Waals surface area contributed by atoms with Crippen LogP contribution in [0.5, 0.6) is 0 Å². The van der Waals surface area contributed by atoms with Crippen LogP contribution in [0.1, 0.15) is 0 Å². The van der Waals surface area contributed by atoms with Crippen LogP contribution in [0.25, 0.3) is 210 Å². The van der Waals surface area contributed by atoms with Crippen molar-refractivity contribution < 1.29 is 4.42 Å². The summed E-state index contributed by atoms with van der Waals surface area (Å²) in [6.07, 6.45) is 3.74. The SMILES string of the molecule is c1ccc(-c2ccc3c(c2)c2cc4ccccc4cc2n3-c2nc3ncc(-c4cccc5cc(-c6ccc7c(c6)c6cc8ccccc8cc6n7-c6nc7ncccc7nc6-c6ccc7oc8ccccc8c7c6)ccc45)cc3nc2-c2ccc(-c3cccc4ccccc34)cc2)cc1. The Morgan fingerprint density at radius 3 is 1.45 bits per heavy atom. The summed E-state index contributed by atoms with van der Waals surface area (Å²) < 4.78 is 10.9. The molecule has 7 aromatic heterocycles. The van der Waals surface area contributed by atoms with Gasteiger partial charge >= 0.3 is 0 Å². The molecular formula is C90H52N8O. The van der Waals surface area contributed by atoms with Crippen LogP contribution < -0.4 is 0 Å². The second-order valence-corrected chi connectivity index (χ2v) is 25.8. The molecule has 0 radical (unpaired) electrons. The first-order valence-electron chi connectivity index (χ1n) is 33.4. The van der Waals surface area contributed by atoms with Gasteiger partial charge in [0.15, 0.2) is 22.9 Å². The van der Waals surface area contributed by atoms with Gasteiger partial charge in [0, 0.05) is 61.4 Å². The molecule has 9 nitrogen and oxygen atoms in total. The summed E-state index contributed by atoms with van der Waals surface area (Å²) in [5, 5.41) is 15.8. The van der Waals surface area contributed by atoms with Crippen LogP contribution in [0.2, 0.25) is 0 Å². The molecule has 0 aliphatic rings. The Bertz CT molecular complexity index is 6980. The quantitative estimate of drug-likeness (QED) is 0.149. The molecule has 7 heterocycles. The van der Waals surface area contributed by atoms with E-state index in [0.29, 0.717) is 34.0 Å². The minimum absolute atomic E-state index is 0.555. The van der Waals surface area contributed by atoms with Crippen LogP contribution in [0, 0.1) is 0 Å². The van der Waals surface area contributed by atoms with E-state index in [1.165, 1.54) is 21.7 Å². The van der Waals surface area contributed by atoms with Crippen molar-refractivity contribution in [3.63, 3.8) is 0 Å². The zero-order valence-electron chi connectivity index (χ0n) is 53.0. The maximum atomic E-state index is 6.31. The number of rotatable bonds is 8. The van der Waals surface area contributed by atoms with Crippen molar-refractivity contribution >= 4 is 131 Å². The Morgan fingerprint density at radius 2 is 0.737 bits per heavy atom. The molecule has 0 fully saturated rings. The van der Waals surface area contributed by atoms with Crippen LogP contribution in [0.4, 0.5) is 0 Å². The minimum Gasteiger partial charge on any atom is -0.456 e. The molecule has 0 aliphatic heterocycles. The summed E-state index contributed by atoms with van der Waals surface area (Å²) in [5.41, 5.74) is 20.5. The first kappa shape index (κ1) is 54.8. The lowest BCUT2D eigenvalue weighted by Gasteiger charge is -2.15. The number of nitrogens with zero attached hydrogens (tertiary/aromatic N) is 8. The third kappa shape index (κ3) is 8.74. The molecule has 0 saturated carbocycles. The van der Waals surface area contributed by atoms with Crippen LogP contribution >= 0.6 is 0 Å². The summed E-state index contributed by atoms with van der Waals surface area (Å²) in [6, 6.07) is 108. The number of hydrogen-bond acceptors (Lipinski definition) is 7. The second-order valence-electron chi connectivity index (χ2n) is 25.8. The molecule has 0 atom stereocenters. The molecule has 14 aromatic carbocycles. The van der Waals surface area contributed by atoms with Gasteiger partial charge in [0.05, 0.1) is 22.1 Å². The number of benzene rings is 14. The molecule has 458 valence electrons. The molecule has 0 unspecified atom stereocenters. The lowest BCUT2D eigenvalue weighted by Crippen LogP contribution is -2.05. The Morgan fingerprint density at radius 1 is 0.242 bits per heavy atom. The Balaban J connectivity index is 0.707. The maximum absolute atomic E-state index is 6.31. The van der Waals surface area contributed by atoms with Crippen LogP contribution in [-0.4, -0.2) is 39.0 Å². The van der Waals surface area contributed by atoms with E-state index < -0.39 is 0 Å². The molecule has 99 heavy (non-hydrogen) atoms. The van der Waals surface area contributed by atoms with E-state index in [1.54, 1.807) is 6.20 Å².